The number of thioether (sulfide) groups is 1. The van der Waals surface area contributed by atoms with E-state index in [9.17, 15) is 4.39 Å². The van der Waals surface area contributed by atoms with Crippen molar-refractivity contribution in [3.8, 4) is 0 Å². The zero-order chi connectivity index (χ0) is 9.84. The van der Waals surface area contributed by atoms with E-state index in [4.69, 9.17) is 10.8 Å². The Morgan fingerprint density at radius 3 is 2.85 bits per heavy atom. The van der Waals surface area contributed by atoms with Crippen LogP contribution in [0.5, 0.6) is 0 Å². The molecule has 0 heterocycles. The molecule has 0 aliphatic heterocycles. The number of nitrogens with two attached hydrogens (primary N) is 1. The minimum atomic E-state index is -0.268. The molecule has 0 saturated carbocycles. The Balaban J connectivity index is 2.88. The minimum Gasteiger partial charge on any atom is -0.398 e. The highest BCUT2D eigenvalue weighted by Crippen LogP contribution is 2.28. The van der Waals surface area contributed by atoms with Gasteiger partial charge < -0.3 is 10.8 Å². The summed E-state index contributed by atoms with van der Waals surface area (Å²) < 4.78 is 13.6. The van der Waals surface area contributed by atoms with Gasteiger partial charge in [0, 0.05) is 16.3 Å². The first-order valence-electron chi connectivity index (χ1n) is 3.63. The summed E-state index contributed by atoms with van der Waals surface area (Å²) in [5.74, 6) is 0.264. The smallest absolute Gasteiger partial charge is 0.137 e. The molecule has 2 nitrogen and oxygen atoms in total. The molecule has 13 heavy (non-hydrogen) atoms. The number of nitrogen functional groups attached to an aromatic ring is 1. The van der Waals surface area contributed by atoms with Gasteiger partial charge >= 0.3 is 0 Å². The van der Waals surface area contributed by atoms with Crippen molar-refractivity contribution in [3.05, 3.63) is 21.5 Å². The van der Waals surface area contributed by atoms with Crippen molar-refractivity contribution in [1.82, 2.24) is 0 Å². The SMILES string of the molecule is Nc1cc(I)c(F)cc1SCCO. The van der Waals surface area contributed by atoms with Crippen LogP contribution < -0.4 is 5.73 Å². The van der Waals surface area contributed by atoms with Crippen LogP contribution in [0.25, 0.3) is 0 Å². The standard InChI is InChI=1S/C8H9FINOS/c9-5-3-8(13-2-1-12)7(11)4-6(5)10/h3-4,12H,1-2,11H2. The summed E-state index contributed by atoms with van der Waals surface area (Å²) in [6.07, 6.45) is 0. The van der Waals surface area contributed by atoms with Crippen molar-refractivity contribution in [1.29, 1.82) is 0 Å². The second-order valence-corrected chi connectivity index (χ2v) is 4.68. The normalized spacial score (nSPS) is 10.4. The first-order valence-corrected chi connectivity index (χ1v) is 5.69. The molecule has 0 aliphatic rings. The van der Waals surface area contributed by atoms with Crippen LogP contribution in [0.4, 0.5) is 10.1 Å². The van der Waals surface area contributed by atoms with E-state index >= 15 is 0 Å². The van der Waals surface area contributed by atoms with Gasteiger partial charge in [0.1, 0.15) is 5.82 Å². The third-order valence-corrected chi connectivity index (χ3v) is 3.28. The van der Waals surface area contributed by atoms with E-state index in [1.807, 2.05) is 22.6 Å². The Kier molecular flexibility index (Phi) is 4.27. The van der Waals surface area contributed by atoms with Crippen molar-refractivity contribution < 1.29 is 9.50 Å². The van der Waals surface area contributed by atoms with Crippen molar-refractivity contribution >= 4 is 40.0 Å². The van der Waals surface area contributed by atoms with Crippen LogP contribution in [0.3, 0.4) is 0 Å². The monoisotopic (exact) mass is 313 g/mol. The lowest BCUT2D eigenvalue weighted by atomic mass is 10.3. The Hall–Kier alpha value is -0.0100. The lowest BCUT2D eigenvalue weighted by Crippen LogP contribution is -1.94. The highest BCUT2D eigenvalue weighted by Gasteiger charge is 2.05. The van der Waals surface area contributed by atoms with Crippen molar-refractivity contribution in [2.24, 2.45) is 0 Å². The van der Waals surface area contributed by atoms with Crippen LogP contribution >= 0.6 is 34.4 Å². The van der Waals surface area contributed by atoms with Crippen LogP contribution in [0.1, 0.15) is 0 Å². The van der Waals surface area contributed by atoms with Gasteiger partial charge in [-0.1, -0.05) is 0 Å². The van der Waals surface area contributed by atoms with Crippen LogP contribution in [0.2, 0.25) is 0 Å². The Bertz CT molecular complexity index is 308. The maximum Gasteiger partial charge on any atom is 0.137 e. The Labute approximate surface area is 93.8 Å². The third-order valence-electron chi connectivity index (χ3n) is 1.40. The van der Waals surface area contributed by atoms with Crippen LogP contribution in [0, 0.1) is 9.39 Å². The summed E-state index contributed by atoms with van der Waals surface area (Å²) in [4.78, 5) is 0.687. The summed E-state index contributed by atoms with van der Waals surface area (Å²) in [5.41, 5.74) is 6.22. The number of benzene rings is 1. The Morgan fingerprint density at radius 1 is 1.54 bits per heavy atom. The van der Waals surface area contributed by atoms with Gasteiger partial charge in [0.25, 0.3) is 0 Å². The summed E-state index contributed by atoms with van der Waals surface area (Å²) in [5, 5.41) is 8.59. The second-order valence-electron chi connectivity index (χ2n) is 2.38. The van der Waals surface area contributed by atoms with Gasteiger partial charge in [-0.3, -0.25) is 0 Å². The molecule has 5 heteroatoms. The predicted molar refractivity (Wildman–Crippen MR) is 61.3 cm³/mol. The maximum atomic E-state index is 13.0. The molecule has 3 N–H and O–H groups in total. The number of aliphatic hydroxyl groups excluding tert-OH is 1. The number of halogens is 2. The van der Waals surface area contributed by atoms with E-state index < -0.39 is 0 Å². The van der Waals surface area contributed by atoms with Gasteiger partial charge in [0.05, 0.1) is 10.2 Å². The molecule has 1 aromatic carbocycles. The molecule has 0 aliphatic carbocycles. The molecule has 1 aromatic rings. The van der Waals surface area contributed by atoms with Crippen LogP contribution in [-0.4, -0.2) is 17.5 Å². The van der Waals surface area contributed by atoms with Gasteiger partial charge in [-0.05, 0) is 34.7 Å². The molecule has 0 saturated heterocycles. The zero-order valence-electron chi connectivity index (χ0n) is 6.76. The summed E-state index contributed by atoms with van der Waals surface area (Å²) in [7, 11) is 0. The second kappa shape index (κ2) is 5.02. The van der Waals surface area contributed by atoms with Crippen molar-refractivity contribution in [3.63, 3.8) is 0 Å². The summed E-state index contributed by atoms with van der Waals surface area (Å²) in [6, 6.07) is 2.99. The van der Waals surface area contributed by atoms with Crippen molar-refractivity contribution in [2.75, 3.05) is 18.1 Å². The van der Waals surface area contributed by atoms with E-state index in [-0.39, 0.29) is 12.4 Å². The zero-order valence-corrected chi connectivity index (χ0v) is 9.73. The molecule has 0 unspecified atom stereocenters. The molecule has 0 fully saturated rings. The highest BCUT2D eigenvalue weighted by molar-refractivity contribution is 14.1. The molecular formula is C8H9FINOS. The van der Waals surface area contributed by atoms with Crippen molar-refractivity contribution in [2.45, 2.75) is 4.90 Å². The fourth-order valence-corrected chi connectivity index (χ4v) is 2.04. The molecule has 0 amide bonds. The first-order chi connectivity index (χ1) is 6.15. The average molecular weight is 313 g/mol. The molecule has 0 radical (unpaired) electrons. The first kappa shape index (κ1) is 11.1. The van der Waals surface area contributed by atoms with Gasteiger partial charge in [-0.15, -0.1) is 11.8 Å². The number of rotatable bonds is 3. The van der Waals surface area contributed by atoms with E-state index in [0.717, 1.165) is 0 Å². The molecule has 72 valence electrons. The van der Waals surface area contributed by atoms with E-state index in [1.54, 1.807) is 6.07 Å². The fourth-order valence-electron chi connectivity index (χ4n) is 0.825. The molecule has 0 spiro atoms. The maximum absolute atomic E-state index is 13.0. The predicted octanol–water partition coefficient (Wildman–Crippen LogP) is 2.10. The number of hydrogen-bond acceptors (Lipinski definition) is 3. The third kappa shape index (κ3) is 2.99. The molecular weight excluding hydrogens is 304 g/mol. The number of aliphatic hydroxyl groups is 1. The molecule has 0 aromatic heterocycles. The van der Waals surface area contributed by atoms with Crippen LogP contribution in [-0.2, 0) is 0 Å². The van der Waals surface area contributed by atoms with Gasteiger partial charge in [-0.25, -0.2) is 4.39 Å². The molecule has 0 atom stereocenters. The molecule has 1 rings (SSSR count). The summed E-state index contributed by atoms with van der Waals surface area (Å²) >= 11 is 3.24. The van der Waals surface area contributed by atoms with E-state index in [1.165, 1.54) is 17.8 Å². The average Bonchev–Trinajstić information content (AvgIpc) is 2.09. The largest absolute Gasteiger partial charge is 0.398 e. The minimum absolute atomic E-state index is 0.0672. The van der Waals surface area contributed by atoms with Gasteiger partial charge in [-0.2, -0.15) is 0 Å². The Morgan fingerprint density at radius 2 is 2.23 bits per heavy atom. The van der Waals surface area contributed by atoms with E-state index in [2.05, 4.69) is 0 Å². The highest BCUT2D eigenvalue weighted by atomic mass is 127. The summed E-state index contributed by atoms with van der Waals surface area (Å²) in [6.45, 7) is 0.0672. The topological polar surface area (TPSA) is 46.2 Å². The lowest BCUT2D eigenvalue weighted by molar-refractivity contribution is 0.322. The van der Waals surface area contributed by atoms with Crippen LogP contribution in [0.15, 0.2) is 17.0 Å². The molecule has 0 bridgehead atoms. The fraction of sp³-hybridized carbons (Fsp3) is 0.250. The number of anilines is 1. The van der Waals surface area contributed by atoms with Gasteiger partial charge in [0.2, 0.25) is 0 Å². The van der Waals surface area contributed by atoms with E-state index in [0.29, 0.717) is 19.9 Å². The number of hydrogen-bond donors (Lipinski definition) is 2. The van der Waals surface area contributed by atoms with Gasteiger partial charge in [0.15, 0.2) is 0 Å². The lowest BCUT2D eigenvalue weighted by Gasteiger charge is -2.05. The quantitative estimate of drug-likeness (QED) is 0.510.